The number of hydrogen-bond donors (Lipinski definition) is 0. The molecular formula is C96H120O12S6. The lowest BCUT2D eigenvalue weighted by Crippen LogP contribution is -2.34. The average Bonchev–Trinajstić information content (AvgIpc) is 0.772. The van der Waals surface area contributed by atoms with Crippen LogP contribution in [-0.4, -0.2) is 71.5 Å². The SMILES string of the molecule is CCCCCC(CC)S(=O)(=O)C(C)CC.Cc1cc(S(=O)(=O)c2cc(C)c(C)c(C)c2)cc(C)c1C.Cc1ccc(S(=O)(=O)c2c(C)cc(C)cc2C)cc1.Cc1ccc(S(=O)(=O)c2ccc(C)cc2)cc1.O=S(=O)(C1CCCCC1)C1CCCCC1.O=S(=O)(c1ccc(-c2ccccc2)cc1)c1ccc(-c2ccccc2)cc1. The molecule has 0 bridgehead atoms. The molecule has 114 heavy (non-hydrogen) atoms. The average molecular weight is 1660 g/mol. The zero-order valence-corrected chi connectivity index (χ0v) is 74.7. The molecule has 0 saturated heterocycles. The van der Waals surface area contributed by atoms with E-state index in [9.17, 15) is 50.5 Å². The maximum absolute atomic E-state index is 12.9. The van der Waals surface area contributed by atoms with Crippen LogP contribution in [0.2, 0.25) is 0 Å². The van der Waals surface area contributed by atoms with Crippen LogP contribution in [0, 0.1) is 83.1 Å². The molecule has 0 radical (unpaired) electrons. The molecule has 2 aliphatic carbocycles. The van der Waals surface area contributed by atoms with Crippen LogP contribution >= 0.6 is 0 Å². The number of rotatable bonds is 20. The fraction of sp³-hybridized carbons (Fsp3) is 0.375. The van der Waals surface area contributed by atoms with E-state index in [2.05, 4.69) is 6.92 Å². The van der Waals surface area contributed by atoms with Crippen LogP contribution in [0.4, 0.5) is 0 Å². The van der Waals surface area contributed by atoms with Gasteiger partial charge in [-0.1, -0.05) is 234 Å². The summed E-state index contributed by atoms with van der Waals surface area (Å²) >= 11 is 0. The van der Waals surface area contributed by atoms with E-state index in [0.29, 0.717) is 39.2 Å². The van der Waals surface area contributed by atoms with E-state index in [-0.39, 0.29) is 21.0 Å². The summed E-state index contributed by atoms with van der Waals surface area (Å²) in [6.07, 6.45) is 16.3. The molecule has 0 aromatic heterocycles. The Morgan fingerprint density at radius 2 is 0.588 bits per heavy atom. The standard InChI is InChI=1S/C24H18O2S.C18H22O2S.C16H18O2S.C14H14O2S.C12H22O2S.C12H26O2S/c25-27(26,23-15-11-21(12-16-23)19-7-3-1-4-8-19)24-17-13-22(14-18-24)20-9-5-2-6-10-20;1-11-7-17(8-12(2)15(11)5)21(19,20)18-9-13(3)16(6)14(4)10-18;1-11-5-7-15(8-6-11)19(17,18)16-13(3)9-12(2)10-14(16)4;1-11-3-7-13(8-4-11)17(15,16)14-9-5-12(2)6-10-14;13-15(14,11-7-3-1-4-8-11)12-9-5-2-6-10-12;1-5-8-9-10-12(7-3)15(13,14)11(4)6-2/h1-18H;7-10H,1-6H3;5-10H,1-4H3;3-10H,1-2H3;11-12H,1-10H2;11-12H,5-10H2,1-4H3. The van der Waals surface area contributed by atoms with Crippen LogP contribution in [0.25, 0.3) is 22.3 Å². The van der Waals surface area contributed by atoms with E-state index in [4.69, 9.17) is 0 Å². The summed E-state index contributed by atoms with van der Waals surface area (Å²) < 4.78 is 150. The van der Waals surface area contributed by atoms with Gasteiger partial charge in [0.2, 0.25) is 39.3 Å². The highest BCUT2D eigenvalue weighted by molar-refractivity contribution is 7.93. The highest BCUT2D eigenvalue weighted by atomic mass is 32.2. The Bertz CT molecular complexity index is 5210. The minimum absolute atomic E-state index is 0.00866. The third-order valence-electron chi connectivity index (χ3n) is 22.1. The van der Waals surface area contributed by atoms with Crippen LogP contribution in [0.15, 0.2) is 258 Å². The highest BCUT2D eigenvalue weighted by Crippen LogP contribution is 2.35. The van der Waals surface area contributed by atoms with Gasteiger partial charge in [-0.15, -0.1) is 0 Å². The van der Waals surface area contributed by atoms with Crippen molar-refractivity contribution in [1.82, 2.24) is 0 Å². The van der Waals surface area contributed by atoms with Gasteiger partial charge in [0.15, 0.2) is 19.7 Å². The minimum Gasteiger partial charge on any atom is -0.228 e. The first-order valence-corrected chi connectivity index (χ1v) is 49.2. The van der Waals surface area contributed by atoms with Gasteiger partial charge in [0.1, 0.15) is 0 Å². The van der Waals surface area contributed by atoms with Gasteiger partial charge in [0.05, 0.1) is 60.2 Å². The summed E-state index contributed by atoms with van der Waals surface area (Å²) in [7, 11) is -19.5. The highest BCUT2D eigenvalue weighted by Gasteiger charge is 2.35. The molecule has 10 aromatic carbocycles. The summed E-state index contributed by atoms with van der Waals surface area (Å²) in [5, 5.41) is -0.272. The van der Waals surface area contributed by atoms with Gasteiger partial charge in [-0.05, 0) is 287 Å². The summed E-state index contributed by atoms with van der Waals surface area (Å²) in [5.74, 6) is 0. The first-order valence-electron chi connectivity index (χ1n) is 40.0. The summed E-state index contributed by atoms with van der Waals surface area (Å²) in [5.41, 5.74) is 16.3. The van der Waals surface area contributed by atoms with Crippen LogP contribution in [-0.2, 0) is 59.0 Å². The van der Waals surface area contributed by atoms with Gasteiger partial charge in [-0.2, -0.15) is 0 Å². The summed E-state index contributed by atoms with van der Waals surface area (Å²) in [4.78, 5) is 2.83. The van der Waals surface area contributed by atoms with Crippen molar-refractivity contribution >= 4 is 59.0 Å². The van der Waals surface area contributed by atoms with Gasteiger partial charge in [0, 0.05) is 0 Å². The maximum Gasteiger partial charge on any atom is 0.207 e. The fourth-order valence-corrected chi connectivity index (χ4v) is 24.8. The maximum atomic E-state index is 12.9. The van der Waals surface area contributed by atoms with E-state index in [1.807, 2.05) is 213 Å². The minimum atomic E-state index is -3.54. The molecule has 12 rings (SSSR count). The summed E-state index contributed by atoms with van der Waals surface area (Å²) in [6.45, 7) is 31.2. The van der Waals surface area contributed by atoms with Crippen LogP contribution in [0.3, 0.4) is 0 Å². The largest absolute Gasteiger partial charge is 0.228 e. The number of unbranched alkanes of at least 4 members (excludes halogenated alkanes) is 2. The van der Waals surface area contributed by atoms with Crippen molar-refractivity contribution in [2.45, 2.75) is 274 Å². The molecular weight excluding hydrogens is 1540 g/mol. The monoisotopic (exact) mass is 1660 g/mol. The second-order valence-corrected chi connectivity index (χ2v) is 43.7. The molecule has 0 aliphatic heterocycles. The molecule has 2 atom stereocenters. The predicted molar refractivity (Wildman–Crippen MR) is 471 cm³/mol. The van der Waals surface area contributed by atoms with Gasteiger partial charge in [-0.3, -0.25) is 0 Å². The van der Waals surface area contributed by atoms with Crippen molar-refractivity contribution in [3.05, 3.63) is 285 Å². The van der Waals surface area contributed by atoms with E-state index in [1.165, 1.54) is 12.8 Å². The van der Waals surface area contributed by atoms with Crippen molar-refractivity contribution in [2.24, 2.45) is 0 Å². The first-order chi connectivity index (χ1) is 53.8. The van der Waals surface area contributed by atoms with Gasteiger partial charge < -0.3 is 0 Å². The third-order valence-corrected chi connectivity index (χ3v) is 35.2. The van der Waals surface area contributed by atoms with E-state index < -0.39 is 59.0 Å². The Kier molecular flexibility index (Phi) is 34.4. The zero-order valence-electron chi connectivity index (χ0n) is 69.8. The van der Waals surface area contributed by atoms with Crippen LogP contribution < -0.4 is 0 Å². The lowest BCUT2D eigenvalue weighted by molar-refractivity contribution is 0.449. The molecule has 0 N–H and O–H groups in total. The predicted octanol–water partition coefficient (Wildman–Crippen LogP) is 23.7. The molecule has 0 spiro atoms. The molecule has 0 amide bonds. The number of aryl methyl sites for hydroxylation is 10. The Labute approximate surface area is 685 Å². The second kappa shape index (κ2) is 42.2. The molecule has 2 aliphatic rings. The smallest absolute Gasteiger partial charge is 0.207 e. The van der Waals surface area contributed by atoms with Crippen molar-refractivity contribution in [3.63, 3.8) is 0 Å². The van der Waals surface area contributed by atoms with Crippen molar-refractivity contribution in [2.75, 3.05) is 0 Å². The Balaban J connectivity index is 0.000000192. The Morgan fingerprint density at radius 3 is 0.886 bits per heavy atom. The molecule has 2 unspecified atom stereocenters. The second-order valence-electron chi connectivity index (χ2n) is 30.8. The fourth-order valence-electron chi connectivity index (χ4n) is 14.3. The van der Waals surface area contributed by atoms with Crippen molar-refractivity contribution in [3.8, 4) is 22.3 Å². The Hall–Kier alpha value is -8.10. The summed E-state index contributed by atoms with van der Waals surface area (Å²) in [6, 6.07) is 65.6. The number of hydrogen-bond acceptors (Lipinski definition) is 12. The number of sulfone groups is 6. The molecule has 2 fully saturated rings. The first kappa shape index (κ1) is 93.1. The molecule has 0 heterocycles. The van der Waals surface area contributed by atoms with E-state index in [0.717, 1.165) is 179 Å². The number of benzene rings is 10. The van der Waals surface area contributed by atoms with E-state index >= 15 is 0 Å². The third kappa shape index (κ3) is 24.7. The van der Waals surface area contributed by atoms with Crippen molar-refractivity contribution < 1.29 is 50.5 Å². The van der Waals surface area contributed by atoms with Crippen molar-refractivity contribution in [1.29, 1.82) is 0 Å². The van der Waals surface area contributed by atoms with Gasteiger partial charge in [0.25, 0.3) is 0 Å². The quantitative estimate of drug-likeness (QED) is 0.0654. The molecule has 12 nitrogen and oxygen atoms in total. The molecule has 10 aromatic rings. The zero-order chi connectivity index (χ0) is 83.9. The molecule has 612 valence electrons. The lowest BCUT2D eigenvalue weighted by Gasteiger charge is -2.29. The normalized spacial score (nSPS) is 14.1. The van der Waals surface area contributed by atoms with Gasteiger partial charge in [-0.25, -0.2) is 50.5 Å². The van der Waals surface area contributed by atoms with Crippen LogP contribution in [0.5, 0.6) is 0 Å². The van der Waals surface area contributed by atoms with E-state index in [1.54, 1.807) is 109 Å². The molecule has 2 saturated carbocycles. The lowest BCUT2D eigenvalue weighted by atomic mass is 10.00. The van der Waals surface area contributed by atoms with Gasteiger partial charge >= 0.3 is 0 Å². The van der Waals surface area contributed by atoms with Crippen LogP contribution in [0.1, 0.15) is 197 Å². The molecule has 18 heteroatoms. The Morgan fingerprint density at radius 1 is 0.298 bits per heavy atom. The topological polar surface area (TPSA) is 205 Å².